The van der Waals surface area contributed by atoms with Crippen molar-refractivity contribution in [3.8, 4) is 22.3 Å². The van der Waals surface area contributed by atoms with E-state index in [2.05, 4.69) is 61.8 Å². The third kappa shape index (κ3) is 12.5. The summed E-state index contributed by atoms with van der Waals surface area (Å²) in [6.45, 7) is 0. The number of aromatic nitrogens is 8. The van der Waals surface area contributed by atoms with Gasteiger partial charge in [0.05, 0.1) is 56.7 Å². The van der Waals surface area contributed by atoms with Crippen LogP contribution in [-0.4, -0.2) is 53.0 Å². The van der Waals surface area contributed by atoms with Crippen LogP contribution < -0.4 is 9.97 Å². The molecule has 0 unspecified atom stereocenters. The van der Waals surface area contributed by atoms with Crippen molar-refractivity contribution >= 4 is 111 Å². The van der Waals surface area contributed by atoms with Crippen molar-refractivity contribution in [2.75, 3.05) is 0 Å². The van der Waals surface area contributed by atoms with Crippen molar-refractivity contribution in [3.05, 3.63) is 246 Å². The van der Waals surface area contributed by atoms with Crippen LogP contribution in [0.2, 0.25) is 0 Å². The molecule has 0 atom stereocenters. The summed E-state index contributed by atoms with van der Waals surface area (Å²) >= 11 is 6.80. The van der Waals surface area contributed by atoms with Gasteiger partial charge in [-0.25, -0.2) is 9.97 Å². The van der Waals surface area contributed by atoms with Gasteiger partial charge < -0.3 is 29.9 Å². The second kappa shape index (κ2) is 23.1. The molecule has 2 aliphatic rings. The fourth-order valence-electron chi connectivity index (χ4n) is 10.2. The third-order valence-corrected chi connectivity index (χ3v) is 16.0. The van der Waals surface area contributed by atoms with Crippen LogP contribution in [-0.2, 0) is 37.1 Å². The molecule has 8 nitrogen and oxygen atoms in total. The maximum Gasteiger partial charge on any atom is 2.00 e. The van der Waals surface area contributed by atoms with Gasteiger partial charge in [-0.15, -0.1) is 0 Å². The molecule has 0 saturated carbocycles. The molecule has 456 valence electrons. The van der Waals surface area contributed by atoms with Gasteiger partial charge in [-0.05, 0) is 161 Å². The molecule has 3 aromatic heterocycles. The van der Waals surface area contributed by atoms with Gasteiger partial charge in [-0.1, -0.05) is 72.8 Å². The second-order valence-electron chi connectivity index (χ2n) is 20.0. The van der Waals surface area contributed by atoms with Crippen molar-refractivity contribution in [2.24, 2.45) is 0 Å². The van der Waals surface area contributed by atoms with Crippen LogP contribution in [0.15, 0.2) is 167 Å². The van der Waals surface area contributed by atoms with Crippen molar-refractivity contribution in [2.45, 2.75) is 37.1 Å². The Labute approximate surface area is 531 Å². The van der Waals surface area contributed by atoms with Crippen LogP contribution in [0.4, 0.5) is 79.0 Å². The molecule has 2 aliphatic heterocycles. The van der Waals surface area contributed by atoms with E-state index in [-0.39, 0.29) is 42.8 Å². The maximum atomic E-state index is 14.9. The molecule has 10 aromatic rings. The van der Waals surface area contributed by atoms with E-state index in [1.807, 2.05) is 0 Å². The van der Waals surface area contributed by atoms with E-state index in [1.54, 1.807) is 0 Å². The minimum atomic E-state index is -5.16. The molecule has 12 rings (SSSR count). The van der Waals surface area contributed by atoms with Crippen LogP contribution in [0.1, 0.15) is 78.9 Å². The number of hydrogen-bond donors (Lipinski definition) is 0. The molecule has 0 radical (unpaired) electrons. The van der Waals surface area contributed by atoms with Gasteiger partial charge in [0.15, 0.2) is 0 Å². The number of fused-ring (bicyclic) bond motifs is 11. The fraction of sp³-hybridized carbons (Fsp3) is 0.0968. The zero-order valence-electron chi connectivity index (χ0n) is 44.9. The first-order valence-corrected chi connectivity index (χ1v) is 27.3. The second-order valence-corrected chi connectivity index (χ2v) is 21.7. The summed E-state index contributed by atoms with van der Waals surface area (Å²) in [6.07, 6.45) is -30.7. The summed E-state index contributed by atoms with van der Waals surface area (Å²) in [7, 11) is 0. The SMILES string of the molecule is FC(F)(F)c1cccc(C2=C(c3cccc(C(F)(F)F)c3)c3nc2nc2[n-]c(nc4nc(nc5[n-]c(n3)c3cc(Br)c(Br)cc53)C(c3cccc(C(F)(F)F)c3)=C4c3cccc(C(F)(F)F)c3)c(-c3cccc(C(F)(F)F)c3)c2-c2cccc(C(F)(F)F)c2)c1.[Mg+2]. The quantitative estimate of drug-likeness (QED) is 0.120. The van der Waals surface area contributed by atoms with E-state index in [1.165, 1.54) is 12.1 Å². The Morgan fingerprint density at radius 1 is 0.264 bits per heavy atom. The van der Waals surface area contributed by atoms with E-state index in [4.69, 9.17) is 9.97 Å². The van der Waals surface area contributed by atoms with Gasteiger partial charge in [-0.2, -0.15) is 79.0 Å². The third-order valence-electron chi connectivity index (χ3n) is 14.2. The van der Waals surface area contributed by atoms with Crippen molar-refractivity contribution in [1.29, 1.82) is 0 Å². The van der Waals surface area contributed by atoms with Gasteiger partial charge >= 0.3 is 60.1 Å². The summed E-state index contributed by atoms with van der Waals surface area (Å²) in [4.78, 5) is 37.3. The van der Waals surface area contributed by atoms with Crippen molar-refractivity contribution in [1.82, 2.24) is 39.9 Å². The zero-order chi connectivity index (χ0) is 64.4. The van der Waals surface area contributed by atoms with E-state index in [0.717, 1.165) is 72.8 Å². The molecule has 0 fully saturated rings. The normalized spacial score (nSPS) is 13.5. The maximum absolute atomic E-state index is 14.9. The largest absolute Gasteiger partial charge is 2.00 e. The van der Waals surface area contributed by atoms with Crippen LogP contribution in [0.25, 0.3) is 77.9 Å². The Hall–Kier alpha value is -8.41. The van der Waals surface area contributed by atoms with E-state index < -0.39 is 183 Å². The molecule has 0 N–H and O–H groups in total. The molecule has 0 aliphatic carbocycles. The Morgan fingerprint density at radius 2 is 0.473 bits per heavy atom. The van der Waals surface area contributed by atoms with Gasteiger partial charge in [0, 0.05) is 65.0 Å². The van der Waals surface area contributed by atoms with Crippen LogP contribution in [0.5, 0.6) is 0 Å². The summed E-state index contributed by atoms with van der Waals surface area (Å²) in [5.74, 6) is -2.87. The molecule has 0 amide bonds. The Balaban J connectivity index is 0.00000850. The van der Waals surface area contributed by atoms with Crippen molar-refractivity contribution in [3.63, 3.8) is 0 Å². The first-order chi connectivity index (χ1) is 42.2. The number of rotatable bonds is 6. The van der Waals surface area contributed by atoms with E-state index in [0.29, 0.717) is 72.8 Å². The number of nitrogens with zero attached hydrogens (tertiary/aromatic N) is 8. The predicted molar refractivity (Wildman–Crippen MR) is 305 cm³/mol. The molecule has 91 heavy (non-hydrogen) atoms. The molecular formula is C62H26Br2F18MgN8. The predicted octanol–water partition coefficient (Wildman–Crippen LogP) is 18.9. The fourth-order valence-corrected chi connectivity index (χ4v) is 10.9. The number of hydrogen-bond acceptors (Lipinski definition) is 6. The topological polar surface area (TPSA) is 106 Å². The van der Waals surface area contributed by atoms with Crippen LogP contribution >= 0.6 is 31.9 Å². The Morgan fingerprint density at radius 3 is 0.714 bits per heavy atom. The molecule has 29 heteroatoms. The standard InChI is InChI=1S/C62H26Br2F18N8.Mg/c63-41-25-39-40(26-42(41)64)50-83-49(39)84-51-43(27-7-1-13-33(19-27)57(65,66)67)45(29-9-3-15-35(21-29)59(71,72)73)53(86-51)88-55-47(31-11-5-17-37(23-31)61(77,78)79)48(32-12-6-18-38(24-32)62(80,81)82)56(90-55)89-54-46(30-10-4-16-36(22-30)60(74,75)76)44(52(85-50)87-54)28-8-2-14-34(20-28)58(68,69)70;/h1-26H;/q-2;+2. The first-order valence-electron chi connectivity index (χ1n) is 25.7. The monoisotopic (exact) mass is 1410 g/mol. The zero-order valence-corrected chi connectivity index (χ0v) is 49.4. The number of alkyl halides is 18. The molecule has 0 saturated heterocycles. The minimum absolute atomic E-state index is 0. The van der Waals surface area contributed by atoms with Crippen molar-refractivity contribution < 1.29 is 79.0 Å². The van der Waals surface area contributed by atoms with Crippen LogP contribution in [0.3, 0.4) is 0 Å². The van der Waals surface area contributed by atoms with Gasteiger partial charge in [0.1, 0.15) is 0 Å². The molecule has 7 aromatic carbocycles. The summed E-state index contributed by atoms with van der Waals surface area (Å²) in [6, 6.07) is 22.2. The van der Waals surface area contributed by atoms with Gasteiger partial charge in [-0.3, -0.25) is 0 Å². The minimum Gasteiger partial charge on any atom is -0.357 e. The first kappa shape index (κ1) is 64.1. The number of halogens is 20. The average Bonchev–Trinajstić information content (AvgIpc) is 1.60. The summed E-state index contributed by atoms with van der Waals surface area (Å²) in [5, 5.41) is 0.0276. The average molecular weight is 1410 g/mol. The Bertz CT molecular complexity index is 4570. The van der Waals surface area contributed by atoms with Gasteiger partial charge in [0.25, 0.3) is 0 Å². The van der Waals surface area contributed by atoms with Gasteiger partial charge in [0.2, 0.25) is 0 Å². The smallest absolute Gasteiger partial charge is 0.357 e. The molecule has 8 bridgehead atoms. The number of benzene rings is 7. The van der Waals surface area contributed by atoms with E-state index in [9.17, 15) is 79.0 Å². The molecule has 5 heterocycles. The molecular weight excluding hydrogens is 1380 g/mol. The molecule has 0 spiro atoms. The van der Waals surface area contributed by atoms with E-state index >= 15 is 0 Å². The summed E-state index contributed by atoms with van der Waals surface area (Å²) in [5.41, 5.74) is -16.8. The van der Waals surface area contributed by atoms with Crippen LogP contribution in [0, 0.1) is 0 Å². The summed E-state index contributed by atoms with van der Waals surface area (Å²) < 4.78 is 267. The Kier molecular flexibility index (Phi) is 16.2.